The molecule has 0 unspecified atom stereocenters. The Morgan fingerprint density at radius 1 is 1.34 bits per heavy atom. The summed E-state index contributed by atoms with van der Waals surface area (Å²) in [7, 11) is 0. The van der Waals surface area contributed by atoms with Crippen molar-refractivity contribution in [3.63, 3.8) is 0 Å². The van der Waals surface area contributed by atoms with E-state index in [9.17, 15) is 14.0 Å². The normalized spacial score (nSPS) is 16.0. The van der Waals surface area contributed by atoms with Crippen molar-refractivity contribution in [1.82, 2.24) is 29.6 Å². The molecule has 1 atom stereocenters. The zero-order valence-electron chi connectivity index (χ0n) is 16.7. The van der Waals surface area contributed by atoms with E-state index in [4.69, 9.17) is 10.2 Å². The number of likely N-dealkylation sites (tertiary alicyclic amines) is 1. The number of nitrogens with two attached hydrogens (primary N) is 1. The number of carbonyl (C=O) groups excluding carboxylic acids is 2. The maximum atomic E-state index is 13.4. The maximum Gasteiger partial charge on any atom is 0.302 e. The number of oxazole rings is 1. The molecule has 4 aromatic rings. The largest absolute Gasteiger partial charge is 0.423 e. The molecule has 4 heterocycles. The van der Waals surface area contributed by atoms with E-state index >= 15 is 0 Å². The number of rotatable bonds is 4. The highest BCUT2D eigenvalue weighted by Crippen LogP contribution is 2.29. The van der Waals surface area contributed by atoms with Crippen LogP contribution in [0.3, 0.4) is 0 Å². The van der Waals surface area contributed by atoms with Gasteiger partial charge < -0.3 is 15.1 Å². The fraction of sp³-hybridized carbons (Fsp3) is 0.200. The zero-order chi connectivity index (χ0) is 22.4. The van der Waals surface area contributed by atoms with Gasteiger partial charge in [0.2, 0.25) is 5.91 Å². The van der Waals surface area contributed by atoms with E-state index in [2.05, 4.69) is 31.9 Å². The summed E-state index contributed by atoms with van der Waals surface area (Å²) in [6.07, 6.45) is 3.17. The number of amides is 2. The van der Waals surface area contributed by atoms with Gasteiger partial charge in [-0.3, -0.25) is 14.9 Å². The number of hydrogen-bond donors (Lipinski definition) is 2. The molecule has 5 rings (SSSR count). The second-order valence-electron chi connectivity index (χ2n) is 7.27. The molecule has 1 aromatic carbocycles. The number of nitrogen functional groups attached to an aromatic ring is 1. The molecule has 0 radical (unpaired) electrons. The molecule has 0 bridgehead atoms. The molecule has 1 saturated heterocycles. The predicted octanol–water partition coefficient (Wildman–Crippen LogP) is 1.90. The van der Waals surface area contributed by atoms with Crippen molar-refractivity contribution >= 4 is 45.8 Å². The van der Waals surface area contributed by atoms with Crippen molar-refractivity contribution in [3.05, 3.63) is 48.7 Å². The fourth-order valence-corrected chi connectivity index (χ4v) is 3.79. The Kier molecular flexibility index (Phi) is 4.54. The number of carbonyl (C=O) groups is 2. The number of nitrogens with one attached hydrogen (secondary N) is 1. The Morgan fingerprint density at radius 2 is 2.19 bits per heavy atom. The number of aromatic nitrogens is 5. The van der Waals surface area contributed by atoms with Crippen LogP contribution in [0.15, 0.2) is 41.6 Å². The minimum absolute atomic E-state index is 0.0139. The first-order chi connectivity index (χ1) is 15.4. The Balaban J connectivity index is 1.50. The van der Waals surface area contributed by atoms with Crippen LogP contribution >= 0.6 is 0 Å². The molecule has 12 heteroatoms. The highest BCUT2D eigenvalue weighted by Gasteiger charge is 2.31. The van der Waals surface area contributed by atoms with Crippen LogP contribution in [-0.4, -0.2) is 54.5 Å². The SMILES string of the molecule is C=CC(=O)N1CC[C@@H](n2nc(C(=O)Nc3nc4cc(F)ccc4o3)c3c(N)ncnc32)C1. The summed E-state index contributed by atoms with van der Waals surface area (Å²) in [6.45, 7) is 4.43. The van der Waals surface area contributed by atoms with Gasteiger partial charge >= 0.3 is 6.01 Å². The average Bonchev–Trinajstić information content (AvgIpc) is 3.49. The van der Waals surface area contributed by atoms with E-state index in [1.54, 1.807) is 9.58 Å². The summed E-state index contributed by atoms with van der Waals surface area (Å²) in [4.78, 5) is 38.9. The van der Waals surface area contributed by atoms with Crippen LogP contribution in [0.5, 0.6) is 0 Å². The summed E-state index contributed by atoms with van der Waals surface area (Å²) < 4.78 is 20.4. The van der Waals surface area contributed by atoms with Crippen molar-refractivity contribution in [3.8, 4) is 0 Å². The molecule has 0 spiro atoms. The molecule has 162 valence electrons. The van der Waals surface area contributed by atoms with Gasteiger partial charge in [-0.1, -0.05) is 6.58 Å². The summed E-state index contributed by atoms with van der Waals surface area (Å²) in [5, 5.41) is 7.25. The van der Waals surface area contributed by atoms with Crippen molar-refractivity contribution in [2.45, 2.75) is 12.5 Å². The fourth-order valence-electron chi connectivity index (χ4n) is 3.79. The lowest BCUT2D eigenvalue weighted by Crippen LogP contribution is -2.27. The van der Waals surface area contributed by atoms with E-state index in [0.717, 1.165) is 0 Å². The van der Waals surface area contributed by atoms with E-state index in [-0.39, 0.29) is 40.4 Å². The van der Waals surface area contributed by atoms with Crippen LogP contribution in [0.25, 0.3) is 22.1 Å². The summed E-state index contributed by atoms with van der Waals surface area (Å²) in [5.41, 5.74) is 6.97. The number of fused-ring (bicyclic) bond motifs is 2. The number of hydrogen-bond acceptors (Lipinski definition) is 8. The number of anilines is 2. The molecule has 3 N–H and O–H groups in total. The summed E-state index contributed by atoms with van der Waals surface area (Å²) in [5.74, 6) is -1.20. The van der Waals surface area contributed by atoms with Gasteiger partial charge in [0.05, 0.1) is 11.4 Å². The molecular formula is C20H17FN8O3. The molecule has 0 saturated carbocycles. The molecule has 2 amide bonds. The quantitative estimate of drug-likeness (QED) is 0.462. The van der Waals surface area contributed by atoms with E-state index in [1.165, 1.54) is 30.6 Å². The van der Waals surface area contributed by atoms with Gasteiger partial charge in [0.25, 0.3) is 5.91 Å². The van der Waals surface area contributed by atoms with Crippen molar-refractivity contribution in [1.29, 1.82) is 0 Å². The predicted molar refractivity (Wildman–Crippen MR) is 112 cm³/mol. The standard InChI is InChI=1S/C20H17FN8O3/c1-2-14(30)28-6-5-11(8-28)29-18-15(17(22)23-9-24-18)16(27-29)19(31)26-20-25-12-7-10(21)3-4-13(12)32-20/h2-4,7,9,11H,1,5-6,8H2,(H2,22,23,24)(H,25,26,31)/t11-/m1/s1. The molecule has 1 aliphatic rings. The summed E-state index contributed by atoms with van der Waals surface area (Å²) in [6, 6.07) is 3.52. The highest BCUT2D eigenvalue weighted by molar-refractivity contribution is 6.12. The second-order valence-corrected chi connectivity index (χ2v) is 7.27. The number of nitrogens with zero attached hydrogens (tertiary/aromatic N) is 6. The lowest BCUT2D eigenvalue weighted by atomic mass is 10.2. The first-order valence-electron chi connectivity index (χ1n) is 9.72. The first kappa shape index (κ1) is 19.6. The second kappa shape index (κ2) is 7.41. The number of halogens is 1. The van der Waals surface area contributed by atoms with Crippen LogP contribution in [0.2, 0.25) is 0 Å². The van der Waals surface area contributed by atoms with Crippen molar-refractivity contribution in [2.24, 2.45) is 0 Å². The van der Waals surface area contributed by atoms with Crippen molar-refractivity contribution in [2.75, 3.05) is 24.1 Å². The lowest BCUT2D eigenvalue weighted by Gasteiger charge is -2.14. The number of benzene rings is 1. The van der Waals surface area contributed by atoms with Crippen LogP contribution in [-0.2, 0) is 4.79 Å². The van der Waals surface area contributed by atoms with Gasteiger partial charge in [0, 0.05) is 19.2 Å². The maximum absolute atomic E-state index is 13.4. The minimum Gasteiger partial charge on any atom is -0.423 e. The Bertz CT molecular complexity index is 1390. The highest BCUT2D eigenvalue weighted by atomic mass is 19.1. The molecular weight excluding hydrogens is 419 g/mol. The van der Waals surface area contributed by atoms with Crippen LogP contribution in [0.1, 0.15) is 23.0 Å². The Labute approximate surface area is 179 Å². The molecule has 11 nitrogen and oxygen atoms in total. The monoisotopic (exact) mass is 436 g/mol. The third-order valence-corrected chi connectivity index (χ3v) is 5.30. The van der Waals surface area contributed by atoms with Gasteiger partial charge in [0.1, 0.15) is 23.5 Å². The Morgan fingerprint density at radius 3 is 3.00 bits per heavy atom. The van der Waals surface area contributed by atoms with Crippen LogP contribution < -0.4 is 11.1 Å². The molecule has 32 heavy (non-hydrogen) atoms. The van der Waals surface area contributed by atoms with Gasteiger partial charge in [-0.05, 0) is 24.6 Å². The van der Waals surface area contributed by atoms with Crippen LogP contribution in [0, 0.1) is 5.82 Å². The van der Waals surface area contributed by atoms with Gasteiger partial charge in [-0.2, -0.15) is 10.1 Å². The van der Waals surface area contributed by atoms with Crippen LogP contribution in [0.4, 0.5) is 16.2 Å². The molecule has 1 fully saturated rings. The Hall–Kier alpha value is -4.35. The minimum atomic E-state index is -0.640. The third kappa shape index (κ3) is 3.21. The molecule has 0 aliphatic carbocycles. The van der Waals surface area contributed by atoms with Gasteiger partial charge in [0.15, 0.2) is 16.9 Å². The zero-order valence-corrected chi connectivity index (χ0v) is 16.7. The topological polar surface area (TPSA) is 145 Å². The average molecular weight is 436 g/mol. The molecule has 1 aliphatic heterocycles. The van der Waals surface area contributed by atoms with E-state index < -0.39 is 11.7 Å². The van der Waals surface area contributed by atoms with E-state index in [1.807, 2.05) is 0 Å². The van der Waals surface area contributed by atoms with Gasteiger partial charge in [-0.15, -0.1) is 0 Å². The van der Waals surface area contributed by atoms with Gasteiger partial charge in [-0.25, -0.2) is 19.0 Å². The first-order valence-corrected chi connectivity index (χ1v) is 9.72. The van der Waals surface area contributed by atoms with E-state index in [0.29, 0.717) is 30.7 Å². The lowest BCUT2D eigenvalue weighted by molar-refractivity contribution is -0.125. The summed E-state index contributed by atoms with van der Waals surface area (Å²) >= 11 is 0. The third-order valence-electron chi connectivity index (χ3n) is 5.30. The smallest absolute Gasteiger partial charge is 0.302 e. The molecule has 3 aromatic heterocycles. The van der Waals surface area contributed by atoms with Crippen molar-refractivity contribution < 1.29 is 18.4 Å².